The second-order valence-corrected chi connectivity index (χ2v) is 3.50. The maximum absolute atomic E-state index is 5.48. The van der Waals surface area contributed by atoms with Crippen molar-refractivity contribution >= 4 is 31.5 Å². The molecule has 0 aliphatic heterocycles. The third-order valence-corrected chi connectivity index (χ3v) is 1.92. The standard InChI is InChI=1S/C4H8Cl2Si/c5-3-1-2-4-7-6/h1-2H,3-4,7H2. The molecule has 7 heavy (non-hydrogen) atoms. The van der Waals surface area contributed by atoms with E-state index < -0.39 is 0 Å². The van der Waals surface area contributed by atoms with Crippen LogP contribution in [-0.4, -0.2) is 14.7 Å². The van der Waals surface area contributed by atoms with Crippen LogP contribution in [0.5, 0.6) is 0 Å². The van der Waals surface area contributed by atoms with Gasteiger partial charge in [0.25, 0.3) is 0 Å². The fourth-order valence-corrected chi connectivity index (χ4v) is 1.11. The van der Waals surface area contributed by atoms with E-state index in [9.17, 15) is 0 Å². The molecule has 0 radical (unpaired) electrons. The zero-order chi connectivity index (χ0) is 5.54. The lowest BCUT2D eigenvalue weighted by Crippen LogP contribution is -1.69. The van der Waals surface area contributed by atoms with E-state index >= 15 is 0 Å². The molecule has 42 valence electrons. The van der Waals surface area contributed by atoms with Crippen molar-refractivity contribution < 1.29 is 0 Å². The van der Waals surface area contributed by atoms with Gasteiger partial charge in [0.05, 0.1) is 0 Å². The fourth-order valence-electron chi connectivity index (χ4n) is 0.244. The summed E-state index contributed by atoms with van der Waals surface area (Å²) in [6.07, 6.45) is 3.96. The van der Waals surface area contributed by atoms with Gasteiger partial charge in [0.2, 0.25) is 0 Å². The Hall–Kier alpha value is 0.537. The van der Waals surface area contributed by atoms with Crippen LogP contribution in [0.2, 0.25) is 6.04 Å². The molecule has 0 aromatic carbocycles. The number of alkyl halides is 1. The first kappa shape index (κ1) is 7.54. The molecule has 0 fully saturated rings. The second-order valence-electron chi connectivity index (χ2n) is 1.10. The van der Waals surface area contributed by atoms with Gasteiger partial charge in [-0.05, 0) is 6.04 Å². The first-order valence-electron chi connectivity index (χ1n) is 2.18. The van der Waals surface area contributed by atoms with Gasteiger partial charge in [-0.1, -0.05) is 12.2 Å². The number of allylic oxidation sites excluding steroid dienone is 2. The average Bonchev–Trinajstić information content (AvgIpc) is 1.69. The number of rotatable bonds is 3. The van der Waals surface area contributed by atoms with Crippen LogP contribution in [0.3, 0.4) is 0 Å². The summed E-state index contributed by atoms with van der Waals surface area (Å²) in [7, 11) is -0.280. The van der Waals surface area contributed by atoms with E-state index in [1.54, 1.807) is 0 Å². The molecule has 0 aliphatic rings. The number of hydrogen-bond acceptors (Lipinski definition) is 0. The lowest BCUT2D eigenvalue weighted by molar-refractivity contribution is 1.63. The van der Waals surface area contributed by atoms with Crippen LogP contribution in [0.15, 0.2) is 12.2 Å². The summed E-state index contributed by atoms with van der Waals surface area (Å²) in [6.45, 7) is 0. The highest BCUT2D eigenvalue weighted by atomic mass is 35.6. The highest BCUT2D eigenvalue weighted by Gasteiger charge is 1.72. The van der Waals surface area contributed by atoms with Gasteiger partial charge in [0, 0.05) is 5.88 Å². The minimum atomic E-state index is -0.280. The van der Waals surface area contributed by atoms with Gasteiger partial charge in [-0.25, -0.2) is 0 Å². The second kappa shape index (κ2) is 6.54. The van der Waals surface area contributed by atoms with Crippen molar-refractivity contribution in [1.29, 1.82) is 0 Å². The maximum atomic E-state index is 5.48. The summed E-state index contributed by atoms with van der Waals surface area (Å²) in [5.41, 5.74) is 0. The highest BCUT2D eigenvalue weighted by Crippen LogP contribution is 1.85. The zero-order valence-corrected chi connectivity index (χ0v) is 6.96. The van der Waals surface area contributed by atoms with Gasteiger partial charge < -0.3 is 0 Å². The zero-order valence-electron chi connectivity index (χ0n) is 4.03. The van der Waals surface area contributed by atoms with Crippen molar-refractivity contribution in [2.45, 2.75) is 6.04 Å². The smallest absolute Gasteiger partial charge is 0.129 e. The number of halogens is 2. The van der Waals surface area contributed by atoms with Gasteiger partial charge in [-0.2, -0.15) is 11.1 Å². The summed E-state index contributed by atoms with van der Waals surface area (Å²) in [6, 6.07) is 1.06. The van der Waals surface area contributed by atoms with Crippen LogP contribution in [0.4, 0.5) is 0 Å². The Bertz CT molecular complexity index is 53.7. The Balaban J connectivity index is 2.78. The van der Waals surface area contributed by atoms with Gasteiger partial charge in [0.1, 0.15) is 8.83 Å². The Morgan fingerprint density at radius 1 is 1.43 bits per heavy atom. The Morgan fingerprint density at radius 3 is 2.57 bits per heavy atom. The quantitative estimate of drug-likeness (QED) is 0.251. The Morgan fingerprint density at radius 2 is 2.14 bits per heavy atom. The van der Waals surface area contributed by atoms with Crippen molar-refractivity contribution in [3.8, 4) is 0 Å². The van der Waals surface area contributed by atoms with Crippen LogP contribution in [0, 0.1) is 0 Å². The largest absolute Gasteiger partial charge is 0.176 e. The molecule has 0 amide bonds. The third-order valence-electron chi connectivity index (χ3n) is 0.532. The molecule has 0 N–H and O–H groups in total. The van der Waals surface area contributed by atoms with E-state index in [1.807, 2.05) is 12.2 Å². The molecular weight excluding hydrogens is 147 g/mol. The van der Waals surface area contributed by atoms with Crippen LogP contribution < -0.4 is 0 Å². The number of hydrogen-bond donors (Lipinski definition) is 0. The monoisotopic (exact) mass is 154 g/mol. The van der Waals surface area contributed by atoms with Crippen molar-refractivity contribution in [2.24, 2.45) is 0 Å². The predicted octanol–water partition coefficient (Wildman–Crippen LogP) is 1.52. The van der Waals surface area contributed by atoms with E-state index in [0.717, 1.165) is 6.04 Å². The Labute approximate surface area is 56.0 Å². The molecule has 0 atom stereocenters. The van der Waals surface area contributed by atoms with Crippen LogP contribution in [0.1, 0.15) is 0 Å². The molecule has 0 bridgehead atoms. The summed E-state index contributed by atoms with van der Waals surface area (Å²) < 4.78 is 0. The molecule has 0 aromatic rings. The van der Waals surface area contributed by atoms with E-state index in [2.05, 4.69) is 0 Å². The summed E-state index contributed by atoms with van der Waals surface area (Å²) in [5.74, 6) is 0.616. The summed E-state index contributed by atoms with van der Waals surface area (Å²) in [4.78, 5) is 0. The van der Waals surface area contributed by atoms with Gasteiger partial charge in [-0.15, -0.1) is 11.6 Å². The third kappa shape index (κ3) is 6.54. The normalized spacial score (nSPS) is 12.3. The molecule has 0 saturated heterocycles. The van der Waals surface area contributed by atoms with Crippen LogP contribution in [-0.2, 0) is 0 Å². The lowest BCUT2D eigenvalue weighted by Gasteiger charge is -1.76. The molecule has 0 rings (SSSR count). The molecule has 0 heterocycles. The predicted molar refractivity (Wildman–Crippen MR) is 39.1 cm³/mol. The van der Waals surface area contributed by atoms with Crippen molar-refractivity contribution in [1.82, 2.24) is 0 Å². The van der Waals surface area contributed by atoms with E-state index in [-0.39, 0.29) is 8.83 Å². The SMILES string of the molecule is ClCC=CC[SiH2]Cl. The van der Waals surface area contributed by atoms with Gasteiger partial charge in [-0.3, -0.25) is 0 Å². The minimum absolute atomic E-state index is 0.280. The van der Waals surface area contributed by atoms with Crippen molar-refractivity contribution in [3.63, 3.8) is 0 Å². The minimum Gasteiger partial charge on any atom is -0.176 e. The first-order chi connectivity index (χ1) is 3.41. The van der Waals surface area contributed by atoms with Crippen molar-refractivity contribution in [2.75, 3.05) is 5.88 Å². The van der Waals surface area contributed by atoms with E-state index in [0.29, 0.717) is 5.88 Å². The van der Waals surface area contributed by atoms with Gasteiger partial charge in [0.15, 0.2) is 0 Å². The fraction of sp³-hybridized carbons (Fsp3) is 0.500. The Kier molecular flexibility index (Phi) is 7.04. The lowest BCUT2D eigenvalue weighted by atomic mass is 10.6. The molecule has 0 aliphatic carbocycles. The topological polar surface area (TPSA) is 0 Å². The molecule has 0 nitrogen and oxygen atoms in total. The van der Waals surface area contributed by atoms with Crippen LogP contribution >= 0.6 is 22.7 Å². The molecule has 0 spiro atoms. The van der Waals surface area contributed by atoms with Crippen LogP contribution in [0.25, 0.3) is 0 Å². The molecule has 0 saturated carbocycles. The molecule has 0 unspecified atom stereocenters. The van der Waals surface area contributed by atoms with Gasteiger partial charge >= 0.3 is 0 Å². The summed E-state index contributed by atoms with van der Waals surface area (Å²) in [5, 5.41) is 0. The van der Waals surface area contributed by atoms with E-state index in [4.69, 9.17) is 22.7 Å². The highest BCUT2D eigenvalue weighted by molar-refractivity contribution is 6.93. The molecule has 0 aromatic heterocycles. The molecular formula is C4H8Cl2Si. The maximum Gasteiger partial charge on any atom is 0.129 e. The van der Waals surface area contributed by atoms with Crippen molar-refractivity contribution in [3.05, 3.63) is 12.2 Å². The van der Waals surface area contributed by atoms with E-state index in [1.165, 1.54) is 0 Å². The molecule has 3 heteroatoms. The summed E-state index contributed by atoms with van der Waals surface area (Å²) >= 11 is 10.8. The first-order valence-corrected chi connectivity index (χ1v) is 5.86. The average molecular weight is 155 g/mol.